The number of fused-ring (bicyclic) bond motifs is 1. The van der Waals surface area contributed by atoms with E-state index >= 15 is 0 Å². The number of aryl methyl sites for hydroxylation is 1. The number of aromatic nitrogens is 4. The molecule has 1 aromatic carbocycles. The highest BCUT2D eigenvalue weighted by Crippen LogP contribution is 2.27. The third-order valence-electron chi connectivity index (χ3n) is 3.26. The van der Waals surface area contributed by atoms with Crippen molar-refractivity contribution in [3.63, 3.8) is 0 Å². The molecule has 0 amide bonds. The van der Waals surface area contributed by atoms with Crippen molar-refractivity contribution < 1.29 is 17.4 Å². The number of hydrogen-bond acceptors (Lipinski definition) is 5. The van der Waals surface area contributed by atoms with Gasteiger partial charge in [0.1, 0.15) is 5.82 Å². The number of rotatable bonds is 4. The maximum atomic E-state index is 12.8. The lowest BCUT2D eigenvalue weighted by molar-refractivity contribution is -0.144. The molecule has 0 radical (unpaired) electrons. The van der Waals surface area contributed by atoms with Gasteiger partial charge in [0.2, 0.25) is 0 Å². The average Bonchev–Trinajstić information content (AvgIpc) is 2.91. The zero-order chi connectivity index (χ0) is 18.2. The maximum absolute atomic E-state index is 12.8. The van der Waals surface area contributed by atoms with Gasteiger partial charge in [0.15, 0.2) is 0 Å². The Morgan fingerprint density at radius 2 is 2.00 bits per heavy atom. The predicted octanol–water partition coefficient (Wildman–Crippen LogP) is 3.07. The van der Waals surface area contributed by atoms with Crippen LogP contribution >= 0.6 is 0 Å². The van der Waals surface area contributed by atoms with E-state index in [1.165, 1.54) is 0 Å². The van der Waals surface area contributed by atoms with Crippen LogP contribution < -0.4 is 5.32 Å². The summed E-state index contributed by atoms with van der Waals surface area (Å²) >= 11 is 0. The second kappa shape index (κ2) is 6.43. The van der Waals surface area contributed by atoms with Crippen LogP contribution in [0.5, 0.6) is 0 Å². The van der Waals surface area contributed by atoms with Crippen molar-refractivity contribution in [2.24, 2.45) is 0 Å². The summed E-state index contributed by atoms with van der Waals surface area (Å²) in [5.74, 6) is -0.688. The van der Waals surface area contributed by atoms with E-state index in [1.54, 1.807) is 37.4 Å². The number of nitrogens with one attached hydrogen (secondary N) is 1. The standard InChI is InChI=1S/C15H14F3N5OS/c1-9-6-12(20-11-5-3-4-10(7-11)8-25(2)24)23-14(19-9)21-13(22-23)15(16,17)18/h3-7,20H,8H2,1-2H3. The summed E-state index contributed by atoms with van der Waals surface area (Å²) in [5, 5.41) is 6.52. The number of hydrogen-bond donors (Lipinski definition) is 1. The van der Waals surface area contributed by atoms with Crippen molar-refractivity contribution in [1.29, 1.82) is 0 Å². The van der Waals surface area contributed by atoms with Crippen molar-refractivity contribution >= 4 is 28.1 Å². The zero-order valence-electron chi connectivity index (χ0n) is 13.3. The molecule has 2 heterocycles. The number of nitrogens with zero attached hydrogens (tertiary/aromatic N) is 4. The van der Waals surface area contributed by atoms with Gasteiger partial charge in [-0.05, 0) is 24.6 Å². The Labute approximate surface area is 143 Å². The molecule has 0 aliphatic rings. The molecule has 1 atom stereocenters. The molecule has 0 fully saturated rings. The topological polar surface area (TPSA) is 72.2 Å². The van der Waals surface area contributed by atoms with Crippen molar-refractivity contribution in [2.45, 2.75) is 18.9 Å². The van der Waals surface area contributed by atoms with Gasteiger partial charge in [0, 0.05) is 40.3 Å². The van der Waals surface area contributed by atoms with Crippen LogP contribution in [0.25, 0.3) is 5.78 Å². The third-order valence-corrected chi connectivity index (χ3v) is 4.00. The van der Waals surface area contributed by atoms with Gasteiger partial charge in [-0.15, -0.1) is 5.10 Å². The van der Waals surface area contributed by atoms with Crippen LogP contribution in [0.3, 0.4) is 0 Å². The summed E-state index contributed by atoms with van der Waals surface area (Å²) in [7, 11) is -0.994. The number of alkyl halides is 3. The Kier molecular flexibility index (Phi) is 4.46. The van der Waals surface area contributed by atoms with E-state index in [4.69, 9.17) is 0 Å². The van der Waals surface area contributed by atoms with Crippen molar-refractivity contribution in [2.75, 3.05) is 11.6 Å². The van der Waals surface area contributed by atoms with Crippen molar-refractivity contribution in [3.8, 4) is 0 Å². The van der Waals surface area contributed by atoms with E-state index in [-0.39, 0.29) is 5.78 Å². The molecule has 0 aliphatic carbocycles. The van der Waals surface area contributed by atoms with E-state index < -0.39 is 22.8 Å². The Morgan fingerprint density at radius 1 is 1.24 bits per heavy atom. The van der Waals surface area contributed by atoms with Gasteiger partial charge in [-0.2, -0.15) is 22.7 Å². The average molecular weight is 369 g/mol. The number of halogens is 3. The smallest absolute Gasteiger partial charge is 0.340 e. The van der Waals surface area contributed by atoms with Gasteiger partial charge in [-0.3, -0.25) is 4.21 Å². The summed E-state index contributed by atoms with van der Waals surface area (Å²) < 4.78 is 50.9. The monoisotopic (exact) mass is 369 g/mol. The third kappa shape index (κ3) is 3.95. The lowest BCUT2D eigenvalue weighted by Crippen LogP contribution is -2.08. The zero-order valence-corrected chi connectivity index (χ0v) is 14.1. The van der Waals surface area contributed by atoms with Crippen LogP contribution in [0.4, 0.5) is 24.7 Å². The largest absolute Gasteiger partial charge is 0.453 e. The van der Waals surface area contributed by atoms with Crippen LogP contribution in [-0.2, 0) is 22.7 Å². The Bertz CT molecular complexity index is 954. The predicted molar refractivity (Wildman–Crippen MR) is 88.0 cm³/mol. The van der Waals surface area contributed by atoms with E-state index in [1.807, 2.05) is 6.07 Å². The minimum Gasteiger partial charge on any atom is -0.340 e. The highest BCUT2D eigenvalue weighted by Gasteiger charge is 2.36. The van der Waals surface area contributed by atoms with Gasteiger partial charge in [0.25, 0.3) is 11.6 Å². The molecular formula is C15H14F3N5OS. The Hall–Kier alpha value is -2.49. The Balaban J connectivity index is 2.01. The lowest BCUT2D eigenvalue weighted by atomic mass is 10.2. The van der Waals surface area contributed by atoms with Crippen LogP contribution in [0.15, 0.2) is 30.3 Å². The van der Waals surface area contributed by atoms with Crippen LogP contribution in [0.2, 0.25) is 0 Å². The first-order valence-corrected chi connectivity index (χ1v) is 8.93. The molecule has 3 rings (SSSR count). The molecule has 0 spiro atoms. The Morgan fingerprint density at radius 3 is 2.68 bits per heavy atom. The first kappa shape index (κ1) is 17.3. The highest BCUT2D eigenvalue weighted by molar-refractivity contribution is 7.83. The number of benzene rings is 1. The van der Waals surface area contributed by atoms with Crippen LogP contribution in [0.1, 0.15) is 17.1 Å². The van der Waals surface area contributed by atoms with E-state index in [9.17, 15) is 17.4 Å². The molecule has 1 unspecified atom stereocenters. The molecule has 132 valence electrons. The first-order valence-electron chi connectivity index (χ1n) is 7.20. The van der Waals surface area contributed by atoms with Crippen LogP contribution in [-0.4, -0.2) is 30.0 Å². The molecular weight excluding hydrogens is 355 g/mol. The second-order valence-electron chi connectivity index (χ2n) is 5.47. The molecule has 0 saturated carbocycles. The summed E-state index contributed by atoms with van der Waals surface area (Å²) in [6.45, 7) is 1.66. The van der Waals surface area contributed by atoms with E-state index in [0.717, 1.165) is 10.1 Å². The summed E-state index contributed by atoms with van der Waals surface area (Å²) in [6, 6.07) is 8.72. The van der Waals surface area contributed by atoms with Gasteiger partial charge in [-0.25, -0.2) is 4.98 Å². The van der Waals surface area contributed by atoms with Gasteiger partial charge >= 0.3 is 6.18 Å². The van der Waals surface area contributed by atoms with E-state index in [0.29, 0.717) is 23.0 Å². The quantitative estimate of drug-likeness (QED) is 0.765. The van der Waals surface area contributed by atoms with Gasteiger partial charge in [0.05, 0.1) is 0 Å². The molecule has 6 nitrogen and oxygen atoms in total. The summed E-state index contributed by atoms with van der Waals surface area (Å²) in [6.07, 6.45) is -3.05. The van der Waals surface area contributed by atoms with E-state index in [2.05, 4.69) is 20.4 Å². The van der Waals surface area contributed by atoms with Crippen LogP contribution in [0, 0.1) is 6.92 Å². The first-order chi connectivity index (χ1) is 11.7. The SMILES string of the molecule is Cc1cc(Nc2cccc(CS(C)=O)c2)n2nc(C(F)(F)F)nc2n1. The minimum atomic E-state index is -4.65. The van der Waals surface area contributed by atoms with Crippen molar-refractivity contribution in [1.82, 2.24) is 19.6 Å². The summed E-state index contributed by atoms with van der Waals surface area (Å²) in [4.78, 5) is 7.42. The summed E-state index contributed by atoms with van der Waals surface area (Å²) in [5.41, 5.74) is 1.99. The molecule has 0 aliphatic heterocycles. The number of anilines is 2. The fraction of sp³-hybridized carbons (Fsp3) is 0.267. The minimum absolute atomic E-state index is 0.138. The molecule has 25 heavy (non-hydrogen) atoms. The lowest BCUT2D eigenvalue weighted by Gasteiger charge is -2.10. The molecule has 2 aromatic heterocycles. The van der Waals surface area contributed by atoms with Crippen molar-refractivity contribution in [3.05, 3.63) is 47.4 Å². The van der Waals surface area contributed by atoms with Gasteiger partial charge in [-0.1, -0.05) is 12.1 Å². The van der Waals surface area contributed by atoms with Gasteiger partial charge < -0.3 is 5.32 Å². The molecule has 10 heteroatoms. The fourth-order valence-electron chi connectivity index (χ4n) is 2.32. The maximum Gasteiger partial charge on any atom is 0.453 e. The molecule has 3 aromatic rings. The normalized spacial score (nSPS) is 13.2. The highest BCUT2D eigenvalue weighted by atomic mass is 32.2. The molecule has 1 N–H and O–H groups in total. The fourth-order valence-corrected chi connectivity index (χ4v) is 2.97. The molecule has 0 bridgehead atoms. The molecule has 0 saturated heterocycles. The second-order valence-corrected chi connectivity index (χ2v) is 6.91.